The fourth-order valence-corrected chi connectivity index (χ4v) is 6.30. The maximum absolute atomic E-state index is 12.3. The van der Waals surface area contributed by atoms with Gasteiger partial charge in [0.15, 0.2) is 0 Å². The highest BCUT2D eigenvalue weighted by molar-refractivity contribution is 5.20. The van der Waals surface area contributed by atoms with Gasteiger partial charge in [-0.15, -0.1) is 0 Å². The third kappa shape index (κ3) is 3.36. The largest absolute Gasteiger partial charge is 0.388 e. The first kappa shape index (κ1) is 18.5. The summed E-state index contributed by atoms with van der Waals surface area (Å²) in [5.74, 6) is 1.05. The van der Waals surface area contributed by atoms with Crippen LogP contribution in [0.2, 0.25) is 0 Å². The van der Waals surface area contributed by atoms with E-state index in [1.54, 1.807) is 0 Å². The average Bonchev–Trinajstić information content (AvgIpc) is 2.69. The van der Waals surface area contributed by atoms with E-state index in [-0.39, 0.29) is 0 Å². The summed E-state index contributed by atoms with van der Waals surface area (Å²) in [5.41, 5.74) is 0.939. The summed E-state index contributed by atoms with van der Waals surface area (Å²) < 4.78 is 0. The number of hydrogen-bond donors (Lipinski definition) is 1. The van der Waals surface area contributed by atoms with Crippen molar-refractivity contribution >= 4 is 0 Å². The zero-order valence-corrected chi connectivity index (χ0v) is 16.6. The summed E-state index contributed by atoms with van der Waals surface area (Å²) in [6.07, 6.45) is 14.2. The molecule has 3 aliphatic rings. The number of aliphatic hydroxyl groups is 1. The molecule has 2 aliphatic carbocycles. The predicted octanol–water partition coefficient (Wildman–Crippen LogP) is 5.71. The van der Waals surface area contributed by atoms with E-state index in [4.69, 9.17) is 0 Å². The molecule has 0 amide bonds. The van der Waals surface area contributed by atoms with Crippen molar-refractivity contribution in [1.82, 2.24) is 4.90 Å². The van der Waals surface area contributed by atoms with Gasteiger partial charge in [0.25, 0.3) is 0 Å². The molecule has 26 heavy (non-hydrogen) atoms. The van der Waals surface area contributed by atoms with Crippen LogP contribution in [-0.2, 0) is 0 Å². The Labute approximate surface area is 160 Å². The van der Waals surface area contributed by atoms with Crippen LogP contribution in [-0.4, -0.2) is 28.2 Å². The third-order valence-corrected chi connectivity index (χ3v) is 7.89. The highest BCUT2D eigenvalue weighted by Gasteiger charge is 2.54. The molecule has 2 atom stereocenters. The zero-order chi connectivity index (χ0) is 18.0. The predicted molar refractivity (Wildman–Crippen MR) is 108 cm³/mol. The van der Waals surface area contributed by atoms with Gasteiger partial charge in [-0.05, 0) is 56.4 Å². The average molecular weight is 356 g/mol. The lowest BCUT2D eigenvalue weighted by molar-refractivity contribution is -0.182. The van der Waals surface area contributed by atoms with Gasteiger partial charge in [-0.25, -0.2) is 0 Å². The molecular weight excluding hydrogens is 318 g/mol. The standard InChI is InChI=1S/C24H37NO/c1-19(20-11-5-2-6-12-20)25-18-17-23(25)24(26,21-13-7-3-8-14-21)22-15-9-4-10-16-22/h2,5-6,11-12,19,21-23,26H,3-4,7-10,13-18H2,1H3/t19-,23-/m1/s1. The van der Waals surface area contributed by atoms with Crippen molar-refractivity contribution in [3.05, 3.63) is 35.9 Å². The molecular formula is C24H37NO. The monoisotopic (exact) mass is 355 g/mol. The van der Waals surface area contributed by atoms with E-state index in [9.17, 15) is 5.11 Å². The minimum atomic E-state index is -0.456. The van der Waals surface area contributed by atoms with E-state index in [1.807, 2.05) is 0 Å². The van der Waals surface area contributed by atoms with Crippen LogP contribution in [0.3, 0.4) is 0 Å². The van der Waals surface area contributed by atoms with Gasteiger partial charge in [-0.2, -0.15) is 0 Å². The molecule has 3 fully saturated rings. The summed E-state index contributed by atoms with van der Waals surface area (Å²) in [6, 6.07) is 11.7. The minimum Gasteiger partial charge on any atom is -0.388 e. The number of benzene rings is 1. The second-order valence-electron chi connectivity index (χ2n) is 9.19. The summed E-state index contributed by atoms with van der Waals surface area (Å²) in [5, 5.41) is 12.3. The number of likely N-dealkylation sites (tertiary alicyclic amines) is 1. The Balaban J connectivity index is 1.58. The number of nitrogens with zero attached hydrogens (tertiary/aromatic N) is 1. The van der Waals surface area contributed by atoms with Gasteiger partial charge in [0.1, 0.15) is 0 Å². The molecule has 144 valence electrons. The Kier molecular flexibility index (Phi) is 5.71. The van der Waals surface area contributed by atoms with E-state index in [0.29, 0.717) is 23.9 Å². The van der Waals surface area contributed by atoms with Crippen LogP contribution in [0.5, 0.6) is 0 Å². The second-order valence-corrected chi connectivity index (χ2v) is 9.19. The van der Waals surface area contributed by atoms with Crippen LogP contribution in [0.4, 0.5) is 0 Å². The summed E-state index contributed by atoms with van der Waals surface area (Å²) in [6.45, 7) is 3.48. The second kappa shape index (κ2) is 8.02. The lowest BCUT2D eigenvalue weighted by atomic mass is 9.60. The molecule has 2 heteroatoms. The van der Waals surface area contributed by atoms with Gasteiger partial charge in [-0.1, -0.05) is 68.9 Å². The Morgan fingerprint density at radius 2 is 1.38 bits per heavy atom. The molecule has 2 saturated carbocycles. The van der Waals surface area contributed by atoms with Gasteiger partial charge in [-0.3, -0.25) is 4.90 Å². The lowest BCUT2D eigenvalue weighted by Crippen LogP contribution is -2.67. The SMILES string of the molecule is C[C@H](c1ccccc1)N1CC[C@@H]1C(O)(C1CCCCC1)C1CCCCC1. The third-order valence-electron chi connectivity index (χ3n) is 7.89. The fraction of sp³-hybridized carbons (Fsp3) is 0.750. The van der Waals surface area contributed by atoms with Crippen molar-refractivity contribution in [2.24, 2.45) is 11.8 Å². The van der Waals surface area contributed by atoms with Crippen LogP contribution < -0.4 is 0 Å². The van der Waals surface area contributed by atoms with Gasteiger partial charge in [0.2, 0.25) is 0 Å². The topological polar surface area (TPSA) is 23.5 Å². The van der Waals surface area contributed by atoms with Gasteiger partial charge in [0, 0.05) is 18.6 Å². The highest BCUT2D eigenvalue weighted by atomic mass is 16.3. The molecule has 1 aromatic carbocycles. The molecule has 1 aliphatic heterocycles. The Morgan fingerprint density at radius 1 is 0.846 bits per heavy atom. The van der Waals surface area contributed by atoms with Crippen LogP contribution in [0.15, 0.2) is 30.3 Å². The normalized spacial score (nSPS) is 27.8. The molecule has 1 aromatic rings. The molecule has 2 nitrogen and oxygen atoms in total. The molecule has 0 radical (unpaired) electrons. The van der Waals surface area contributed by atoms with Gasteiger partial charge < -0.3 is 5.11 Å². The molecule has 0 unspecified atom stereocenters. The lowest BCUT2D eigenvalue weighted by Gasteiger charge is -2.59. The van der Waals surface area contributed by atoms with E-state index >= 15 is 0 Å². The van der Waals surface area contributed by atoms with Crippen molar-refractivity contribution in [3.8, 4) is 0 Å². The Bertz CT molecular complexity index is 541. The quantitative estimate of drug-likeness (QED) is 0.731. The number of rotatable bonds is 5. The maximum Gasteiger partial charge on any atom is 0.0858 e. The van der Waals surface area contributed by atoms with Gasteiger partial charge in [0.05, 0.1) is 5.60 Å². The first-order valence-electron chi connectivity index (χ1n) is 11.2. The zero-order valence-electron chi connectivity index (χ0n) is 16.6. The van der Waals surface area contributed by atoms with Gasteiger partial charge >= 0.3 is 0 Å². The van der Waals surface area contributed by atoms with Crippen molar-refractivity contribution in [1.29, 1.82) is 0 Å². The van der Waals surface area contributed by atoms with Crippen molar-refractivity contribution in [3.63, 3.8) is 0 Å². The summed E-state index contributed by atoms with van der Waals surface area (Å²) >= 11 is 0. The van der Waals surface area contributed by atoms with E-state index in [2.05, 4.69) is 42.2 Å². The molecule has 1 N–H and O–H groups in total. The highest BCUT2D eigenvalue weighted by Crippen LogP contribution is 2.50. The van der Waals surface area contributed by atoms with Crippen LogP contribution in [0.25, 0.3) is 0 Å². The van der Waals surface area contributed by atoms with E-state index < -0.39 is 5.60 Å². The summed E-state index contributed by atoms with van der Waals surface area (Å²) in [7, 11) is 0. The molecule has 0 aromatic heterocycles. The molecule has 0 spiro atoms. The number of hydrogen-bond acceptors (Lipinski definition) is 2. The Hall–Kier alpha value is -0.860. The smallest absolute Gasteiger partial charge is 0.0858 e. The fourth-order valence-electron chi connectivity index (χ4n) is 6.30. The van der Waals surface area contributed by atoms with Crippen LogP contribution >= 0.6 is 0 Å². The van der Waals surface area contributed by atoms with E-state index in [0.717, 1.165) is 6.54 Å². The maximum atomic E-state index is 12.3. The summed E-state index contributed by atoms with van der Waals surface area (Å²) in [4.78, 5) is 2.62. The van der Waals surface area contributed by atoms with Crippen LogP contribution in [0.1, 0.15) is 89.2 Å². The van der Waals surface area contributed by atoms with Crippen molar-refractivity contribution in [2.45, 2.75) is 95.2 Å². The molecule has 1 saturated heterocycles. The van der Waals surface area contributed by atoms with Crippen molar-refractivity contribution < 1.29 is 5.11 Å². The van der Waals surface area contributed by atoms with E-state index in [1.165, 1.54) is 76.2 Å². The first-order chi connectivity index (χ1) is 12.7. The minimum absolute atomic E-state index is 0.365. The first-order valence-corrected chi connectivity index (χ1v) is 11.2. The molecule has 4 rings (SSSR count). The Morgan fingerprint density at radius 3 is 1.85 bits per heavy atom. The molecule has 1 heterocycles. The molecule has 0 bridgehead atoms. The van der Waals surface area contributed by atoms with Crippen LogP contribution in [0, 0.1) is 11.8 Å². The van der Waals surface area contributed by atoms with Crippen molar-refractivity contribution in [2.75, 3.05) is 6.54 Å².